The fourth-order valence-corrected chi connectivity index (χ4v) is 5.72. The molecule has 0 heterocycles. The Kier molecular flexibility index (Phi) is 6.94. The number of aryl methyl sites for hydroxylation is 1. The van der Waals surface area contributed by atoms with Crippen LogP contribution in [0.3, 0.4) is 0 Å². The van der Waals surface area contributed by atoms with Gasteiger partial charge in [0.2, 0.25) is 0 Å². The third kappa shape index (κ3) is 5.03. The first-order chi connectivity index (χ1) is 14.6. The van der Waals surface area contributed by atoms with Crippen LogP contribution >= 0.6 is 8.58 Å². The molecule has 3 aromatic rings. The highest BCUT2D eigenvalue weighted by molar-refractivity contribution is 7.48. The number of rotatable bonds is 6. The molecular weight excluding hydrogens is 399 g/mol. The van der Waals surface area contributed by atoms with Crippen molar-refractivity contribution in [1.82, 2.24) is 0 Å². The second kappa shape index (κ2) is 9.15. The summed E-state index contributed by atoms with van der Waals surface area (Å²) < 4.78 is 0. The van der Waals surface area contributed by atoms with Gasteiger partial charge in [0.05, 0.1) is 0 Å². The maximum atomic E-state index is 11.3. The molecule has 0 bridgehead atoms. The van der Waals surface area contributed by atoms with Crippen molar-refractivity contribution in [3.8, 4) is 5.75 Å². The summed E-state index contributed by atoms with van der Waals surface area (Å²) >= 11 is 0. The molecule has 0 saturated carbocycles. The van der Waals surface area contributed by atoms with Gasteiger partial charge in [0.1, 0.15) is 11.9 Å². The molecule has 3 aromatic carbocycles. The second-order valence-corrected chi connectivity index (χ2v) is 11.6. The van der Waals surface area contributed by atoms with Crippen molar-refractivity contribution in [2.75, 3.05) is 0 Å². The second-order valence-electron chi connectivity index (χ2n) is 9.67. The van der Waals surface area contributed by atoms with E-state index < -0.39 is 6.10 Å². The molecule has 3 rings (SSSR count). The lowest BCUT2D eigenvalue weighted by molar-refractivity contribution is 0.221. The summed E-state index contributed by atoms with van der Waals surface area (Å²) in [6.07, 6.45) is 0.226. The minimum Gasteiger partial charge on any atom is -0.507 e. The van der Waals surface area contributed by atoms with Gasteiger partial charge in [0.15, 0.2) is 0 Å². The summed E-state index contributed by atoms with van der Waals surface area (Å²) in [7, 11) is 0.415. The van der Waals surface area contributed by atoms with Gasteiger partial charge in [-0.1, -0.05) is 115 Å². The zero-order chi connectivity index (χ0) is 22.8. The van der Waals surface area contributed by atoms with E-state index in [4.69, 9.17) is 0 Å². The van der Waals surface area contributed by atoms with E-state index in [0.29, 0.717) is 14.3 Å². The van der Waals surface area contributed by atoms with E-state index in [1.807, 2.05) is 48.5 Å². The predicted octanol–water partition coefficient (Wildman–Crippen LogP) is 6.71. The lowest BCUT2D eigenvalue weighted by Crippen LogP contribution is -2.23. The van der Waals surface area contributed by atoms with E-state index >= 15 is 0 Å². The number of hydrogen-bond donors (Lipinski definition) is 2. The van der Waals surface area contributed by atoms with E-state index in [1.165, 1.54) is 5.56 Å². The quantitative estimate of drug-likeness (QED) is 0.423. The summed E-state index contributed by atoms with van der Waals surface area (Å²) in [5.41, 5.74) is 4.86. The van der Waals surface area contributed by atoms with Crippen LogP contribution in [0.1, 0.15) is 75.0 Å². The molecule has 2 N–H and O–H groups in total. The molecule has 0 aliphatic carbocycles. The predicted molar refractivity (Wildman–Crippen MR) is 134 cm³/mol. The van der Waals surface area contributed by atoms with Crippen molar-refractivity contribution in [3.05, 3.63) is 94.5 Å². The van der Waals surface area contributed by atoms with Crippen LogP contribution in [-0.4, -0.2) is 10.2 Å². The third-order valence-corrected chi connectivity index (χ3v) is 8.04. The van der Waals surface area contributed by atoms with Crippen LogP contribution in [0.2, 0.25) is 0 Å². The van der Waals surface area contributed by atoms with Crippen molar-refractivity contribution >= 4 is 13.9 Å². The molecule has 164 valence electrons. The highest BCUT2D eigenvalue weighted by atomic mass is 31.1. The van der Waals surface area contributed by atoms with Crippen molar-refractivity contribution in [2.45, 2.75) is 64.6 Å². The van der Waals surface area contributed by atoms with Gasteiger partial charge in [-0.2, -0.15) is 0 Å². The minimum absolute atomic E-state index is 0.135. The molecule has 3 unspecified atom stereocenters. The molecule has 0 saturated heterocycles. The molecule has 3 atom stereocenters. The Labute approximate surface area is 189 Å². The van der Waals surface area contributed by atoms with E-state index in [0.717, 1.165) is 34.0 Å². The van der Waals surface area contributed by atoms with E-state index in [9.17, 15) is 10.2 Å². The Hall–Kier alpha value is -2.15. The molecule has 0 aromatic heterocycles. The summed E-state index contributed by atoms with van der Waals surface area (Å²) in [6.45, 7) is 12.9. The lowest BCUT2D eigenvalue weighted by Gasteiger charge is -2.34. The molecule has 0 amide bonds. The standard InChI is InChI=1S/C28H35O2P/c1-7-28(6,23-18-19(2)17-22(26(23)30)27(3,4)5)31-24-16-12-11-15-21(24)25(29)20-13-9-8-10-14-20/h8-18,25,29-31H,7H2,1-6H3. The smallest absolute Gasteiger partial charge is 0.123 e. The van der Waals surface area contributed by atoms with Gasteiger partial charge in [-0.15, -0.1) is 0 Å². The highest BCUT2D eigenvalue weighted by Gasteiger charge is 2.32. The summed E-state index contributed by atoms with van der Waals surface area (Å²) in [5.74, 6) is 0.413. The average molecular weight is 435 g/mol. The van der Waals surface area contributed by atoms with Crippen LogP contribution in [0.5, 0.6) is 5.75 Å². The fourth-order valence-electron chi connectivity index (χ4n) is 4.08. The SMILES string of the molecule is CCC(C)(Pc1ccccc1C(O)c1ccccc1)c1cc(C)cc(C(C)(C)C)c1O. The Balaban J connectivity index is 2.07. The number of hydrogen-bond acceptors (Lipinski definition) is 2. The molecule has 0 fully saturated rings. The molecule has 0 aliphatic rings. The monoisotopic (exact) mass is 434 g/mol. The van der Waals surface area contributed by atoms with Gasteiger partial charge in [0.25, 0.3) is 0 Å². The summed E-state index contributed by atoms with van der Waals surface area (Å²) in [6, 6.07) is 22.2. The number of phenolic OH excluding ortho intramolecular Hbond substituents is 1. The van der Waals surface area contributed by atoms with Crippen LogP contribution < -0.4 is 5.30 Å². The molecular formula is C28H35O2P. The van der Waals surface area contributed by atoms with E-state index in [2.05, 4.69) is 59.7 Å². The van der Waals surface area contributed by atoms with Crippen molar-refractivity contribution in [3.63, 3.8) is 0 Å². The number of aromatic hydroxyl groups is 1. The van der Waals surface area contributed by atoms with Gasteiger partial charge in [0, 0.05) is 10.7 Å². The normalized spacial score (nSPS) is 15.2. The molecule has 3 heteroatoms. The van der Waals surface area contributed by atoms with Gasteiger partial charge in [-0.25, -0.2) is 0 Å². The maximum Gasteiger partial charge on any atom is 0.123 e. The zero-order valence-corrected chi connectivity index (χ0v) is 20.5. The summed E-state index contributed by atoms with van der Waals surface area (Å²) in [4.78, 5) is 0. The van der Waals surface area contributed by atoms with Gasteiger partial charge < -0.3 is 10.2 Å². The first-order valence-electron chi connectivity index (χ1n) is 11.0. The van der Waals surface area contributed by atoms with Gasteiger partial charge in [-0.05, 0) is 40.8 Å². The van der Waals surface area contributed by atoms with Crippen molar-refractivity contribution < 1.29 is 10.2 Å². The largest absolute Gasteiger partial charge is 0.507 e. The van der Waals surface area contributed by atoms with Crippen LogP contribution in [0, 0.1) is 6.92 Å². The van der Waals surface area contributed by atoms with Gasteiger partial charge >= 0.3 is 0 Å². The van der Waals surface area contributed by atoms with E-state index in [1.54, 1.807) is 0 Å². The molecule has 31 heavy (non-hydrogen) atoms. The Bertz CT molecular complexity index is 1040. The number of phenols is 1. The van der Waals surface area contributed by atoms with Crippen LogP contribution in [0.25, 0.3) is 0 Å². The zero-order valence-electron chi connectivity index (χ0n) is 19.5. The molecule has 0 aliphatic heterocycles. The first-order valence-corrected chi connectivity index (χ1v) is 12.0. The minimum atomic E-state index is -0.665. The number of aliphatic hydroxyl groups is 1. The Morgan fingerprint density at radius 3 is 2.06 bits per heavy atom. The summed E-state index contributed by atoms with van der Waals surface area (Å²) in [5, 5.41) is 23.3. The number of benzene rings is 3. The van der Waals surface area contributed by atoms with Crippen molar-refractivity contribution in [1.29, 1.82) is 0 Å². The molecule has 2 nitrogen and oxygen atoms in total. The Morgan fingerprint density at radius 1 is 0.871 bits per heavy atom. The Morgan fingerprint density at radius 2 is 1.45 bits per heavy atom. The first kappa shape index (κ1) is 23.5. The van der Waals surface area contributed by atoms with E-state index in [-0.39, 0.29) is 10.6 Å². The lowest BCUT2D eigenvalue weighted by atomic mass is 9.82. The van der Waals surface area contributed by atoms with Crippen LogP contribution in [0.15, 0.2) is 66.7 Å². The van der Waals surface area contributed by atoms with Gasteiger partial charge in [-0.3, -0.25) is 0 Å². The number of aliphatic hydroxyl groups excluding tert-OH is 1. The highest BCUT2D eigenvalue weighted by Crippen LogP contribution is 2.50. The van der Waals surface area contributed by atoms with Crippen LogP contribution in [-0.2, 0) is 10.6 Å². The van der Waals surface area contributed by atoms with Crippen LogP contribution in [0.4, 0.5) is 0 Å². The maximum absolute atomic E-state index is 11.3. The fraction of sp³-hybridized carbons (Fsp3) is 0.357. The molecule has 0 spiro atoms. The average Bonchev–Trinajstić information content (AvgIpc) is 2.74. The molecule has 0 radical (unpaired) electrons. The topological polar surface area (TPSA) is 40.5 Å². The van der Waals surface area contributed by atoms with Crippen molar-refractivity contribution in [2.24, 2.45) is 0 Å². The third-order valence-electron chi connectivity index (χ3n) is 6.15.